The second kappa shape index (κ2) is 7.68. The second-order valence-corrected chi connectivity index (χ2v) is 8.44. The van der Waals surface area contributed by atoms with Crippen LogP contribution in [0.25, 0.3) is 10.9 Å². The lowest BCUT2D eigenvalue weighted by atomic mass is 9.79. The first-order valence-electron chi connectivity index (χ1n) is 10.7. The van der Waals surface area contributed by atoms with Gasteiger partial charge in [-0.05, 0) is 36.2 Å². The number of likely N-dealkylation sites (N-methyl/N-ethyl adjacent to an activating group) is 1. The Labute approximate surface area is 187 Å². The van der Waals surface area contributed by atoms with Gasteiger partial charge < -0.3 is 14.8 Å². The molecule has 0 saturated heterocycles. The van der Waals surface area contributed by atoms with Gasteiger partial charge in [-0.15, -0.1) is 0 Å². The SMILES string of the molecule is Cc1ccccc1NC(=O)[C@@H]1c2ccccc2C(=O)N(C)[C@H]1c1cn(C)c2ccccc12. The van der Waals surface area contributed by atoms with E-state index in [4.69, 9.17) is 0 Å². The summed E-state index contributed by atoms with van der Waals surface area (Å²) in [5.41, 5.74) is 5.16. The maximum Gasteiger partial charge on any atom is 0.254 e. The highest BCUT2D eigenvalue weighted by Gasteiger charge is 2.43. The molecule has 4 aromatic rings. The average Bonchev–Trinajstić information content (AvgIpc) is 3.14. The lowest BCUT2D eigenvalue weighted by Crippen LogP contribution is -2.44. The van der Waals surface area contributed by atoms with Gasteiger partial charge in [0, 0.05) is 48.0 Å². The van der Waals surface area contributed by atoms with E-state index in [0.29, 0.717) is 5.56 Å². The minimum absolute atomic E-state index is 0.0709. The number of benzene rings is 3. The van der Waals surface area contributed by atoms with E-state index in [1.807, 2.05) is 80.8 Å². The number of nitrogens with one attached hydrogen (secondary N) is 1. The van der Waals surface area contributed by atoms with Crippen molar-refractivity contribution in [2.24, 2.45) is 7.05 Å². The molecule has 0 unspecified atom stereocenters. The molecular weight excluding hydrogens is 398 g/mol. The number of amides is 2. The molecule has 1 aromatic heterocycles. The fraction of sp³-hybridized carbons (Fsp3) is 0.185. The fourth-order valence-corrected chi connectivity index (χ4v) is 4.88. The van der Waals surface area contributed by atoms with Crippen molar-refractivity contribution in [1.82, 2.24) is 9.47 Å². The Kier molecular flexibility index (Phi) is 4.82. The molecule has 32 heavy (non-hydrogen) atoms. The topological polar surface area (TPSA) is 54.3 Å². The minimum Gasteiger partial charge on any atom is -0.350 e. The van der Waals surface area contributed by atoms with Gasteiger partial charge in [-0.3, -0.25) is 9.59 Å². The van der Waals surface area contributed by atoms with Crippen LogP contribution in [0.4, 0.5) is 5.69 Å². The van der Waals surface area contributed by atoms with E-state index in [1.165, 1.54) is 0 Å². The van der Waals surface area contributed by atoms with Gasteiger partial charge in [-0.25, -0.2) is 0 Å². The van der Waals surface area contributed by atoms with Crippen molar-refractivity contribution in [2.45, 2.75) is 18.9 Å². The number of carbonyl (C=O) groups excluding carboxylic acids is 2. The Morgan fingerprint density at radius 3 is 2.38 bits per heavy atom. The highest BCUT2D eigenvalue weighted by atomic mass is 16.2. The molecule has 3 aromatic carbocycles. The van der Waals surface area contributed by atoms with Gasteiger partial charge in [0.05, 0.1) is 12.0 Å². The van der Waals surface area contributed by atoms with Crippen LogP contribution < -0.4 is 5.32 Å². The van der Waals surface area contributed by atoms with Crippen molar-refractivity contribution in [1.29, 1.82) is 0 Å². The molecule has 1 aliphatic heterocycles. The Balaban J connectivity index is 1.69. The van der Waals surface area contributed by atoms with Crippen molar-refractivity contribution in [3.63, 3.8) is 0 Å². The molecule has 0 radical (unpaired) electrons. The molecule has 1 aliphatic rings. The van der Waals surface area contributed by atoms with Crippen LogP contribution in [0.5, 0.6) is 0 Å². The van der Waals surface area contributed by atoms with Crippen LogP contribution in [0.1, 0.15) is 39.0 Å². The van der Waals surface area contributed by atoms with E-state index in [-0.39, 0.29) is 11.8 Å². The van der Waals surface area contributed by atoms with E-state index in [0.717, 1.165) is 33.3 Å². The smallest absolute Gasteiger partial charge is 0.254 e. The molecule has 2 atom stereocenters. The van der Waals surface area contributed by atoms with E-state index < -0.39 is 12.0 Å². The molecule has 0 aliphatic carbocycles. The molecule has 2 amide bonds. The molecule has 160 valence electrons. The van der Waals surface area contributed by atoms with Crippen molar-refractivity contribution in [2.75, 3.05) is 12.4 Å². The van der Waals surface area contributed by atoms with Crippen LogP contribution in [0.3, 0.4) is 0 Å². The maximum atomic E-state index is 13.8. The number of rotatable bonds is 3. The fourth-order valence-electron chi connectivity index (χ4n) is 4.88. The Morgan fingerprint density at radius 2 is 1.56 bits per heavy atom. The van der Waals surface area contributed by atoms with E-state index in [1.54, 1.807) is 11.9 Å². The highest BCUT2D eigenvalue weighted by molar-refractivity contribution is 6.05. The summed E-state index contributed by atoms with van der Waals surface area (Å²) in [6.07, 6.45) is 2.04. The zero-order valence-corrected chi connectivity index (χ0v) is 18.4. The van der Waals surface area contributed by atoms with Crippen LogP contribution >= 0.6 is 0 Å². The van der Waals surface area contributed by atoms with Crippen LogP contribution in [0.2, 0.25) is 0 Å². The monoisotopic (exact) mass is 423 g/mol. The molecule has 0 bridgehead atoms. The van der Waals surface area contributed by atoms with Crippen molar-refractivity contribution in [3.05, 3.63) is 101 Å². The van der Waals surface area contributed by atoms with Crippen LogP contribution in [0, 0.1) is 6.92 Å². The number of hydrogen-bond acceptors (Lipinski definition) is 2. The predicted octanol–water partition coefficient (Wildman–Crippen LogP) is 5.04. The zero-order chi connectivity index (χ0) is 22.4. The number of aryl methyl sites for hydroxylation is 2. The minimum atomic E-state index is -0.542. The highest BCUT2D eigenvalue weighted by Crippen LogP contribution is 2.44. The molecular formula is C27H25N3O2. The van der Waals surface area contributed by atoms with Crippen molar-refractivity contribution < 1.29 is 9.59 Å². The normalized spacial score (nSPS) is 18.0. The van der Waals surface area contributed by atoms with Gasteiger partial charge in [-0.1, -0.05) is 54.6 Å². The van der Waals surface area contributed by atoms with E-state index >= 15 is 0 Å². The molecule has 5 rings (SSSR count). The standard InChI is InChI=1S/C27H25N3O2/c1-17-10-4-8-14-22(17)28-26(31)24-19-12-5-6-13-20(19)27(32)30(3)25(24)21-16-29(2)23-15-9-7-11-18(21)23/h4-16,24-25H,1-3H3,(H,28,31)/t24-,25+/m1/s1. The number of anilines is 1. The molecule has 0 fully saturated rings. The molecule has 5 nitrogen and oxygen atoms in total. The number of hydrogen-bond donors (Lipinski definition) is 1. The van der Waals surface area contributed by atoms with Gasteiger partial charge in [0.2, 0.25) is 5.91 Å². The lowest BCUT2D eigenvalue weighted by Gasteiger charge is -2.39. The van der Waals surface area contributed by atoms with Crippen LogP contribution in [-0.2, 0) is 11.8 Å². The van der Waals surface area contributed by atoms with Crippen molar-refractivity contribution in [3.8, 4) is 0 Å². The Bertz CT molecular complexity index is 1350. The maximum absolute atomic E-state index is 13.8. The number of para-hydroxylation sites is 2. The third-order valence-electron chi connectivity index (χ3n) is 6.51. The van der Waals surface area contributed by atoms with Gasteiger partial charge >= 0.3 is 0 Å². The Morgan fingerprint density at radius 1 is 0.875 bits per heavy atom. The summed E-state index contributed by atoms with van der Waals surface area (Å²) in [5.74, 6) is -0.734. The first-order chi connectivity index (χ1) is 15.5. The number of nitrogens with zero attached hydrogens (tertiary/aromatic N) is 2. The summed E-state index contributed by atoms with van der Waals surface area (Å²) in [5, 5.41) is 4.18. The van der Waals surface area contributed by atoms with Gasteiger partial charge in [0.25, 0.3) is 5.91 Å². The third kappa shape index (κ3) is 3.09. The molecule has 0 spiro atoms. The van der Waals surface area contributed by atoms with Gasteiger partial charge in [0.1, 0.15) is 0 Å². The predicted molar refractivity (Wildman–Crippen MR) is 127 cm³/mol. The average molecular weight is 424 g/mol. The first kappa shape index (κ1) is 20.1. The summed E-state index contributed by atoms with van der Waals surface area (Å²) >= 11 is 0. The lowest BCUT2D eigenvalue weighted by molar-refractivity contribution is -0.119. The molecule has 5 heteroatoms. The summed E-state index contributed by atoms with van der Waals surface area (Å²) in [6.45, 7) is 1.97. The number of fused-ring (bicyclic) bond motifs is 2. The Hall–Kier alpha value is -3.86. The van der Waals surface area contributed by atoms with Crippen molar-refractivity contribution >= 4 is 28.4 Å². The second-order valence-electron chi connectivity index (χ2n) is 8.44. The zero-order valence-electron chi connectivity index (χ0n) is 18.4. The quantitative estimate of drug-likeness (QED) is 0.502. The largest absolute Gasteiger partial charge is 0.350 e. The number of aromatic nitrogens is 1. The summed E-state index contributed by atoms with van der Waals surface area (Å²) < 4.78 is 2.06. The first-order valence-corrected chi connectivity index (χ1v) is 10.7. The third-order valence-corrected chi connectivity index (χ3v) is 6.51. The summed E-state index contributed by atoms with van der Waals surface area (Å²) in [7, 11) is 3.78. The molecule has 1 N–H and O–H groups in total. The molecule has 2 heterocycles. The summed E-state index contributed by atoms with van der Waals surface area (Å²) in [6, 6.07) is 22.9. The van der Waals surface area contributed by atoms with Gasteiger partial charge in [-0.2, -0.15) is 0 Å². The van der Waals surface area contributed by atoms with E-state index in [9.17, 15) is 9.59 Å². The van der Waals surface area contributed by atoms with Crippen LogP contribution in [-0.4, -0.2) is 28.3 Å². The number of carbonyl (C=O) groups is 2. The molecule has 0 saturated carbocycles. The summed E-state index contributed by atoms with van der Waals surface area (Å²) in [4.78, 5) is 28.8. The van der Waals surface area contributed by atoms with Crippen LogP contribution in [0.15, 0.2) is 79.0 Å². The van der Waals surface area contributed by atoms with E-state index in [2.05, 4.69) is 22.0 Å². The van der Waals surface area contributed by atoms with Gasteiger partial charge in [0.15, 0.2) is 0 Å².